The maximum Gasteiger partial charge on any atom is 0.415 e. The van der Waals surface area contributed by atoms with Crippen molar-refractivity contribution in [3.05, 3.63) is 95.6 Å². The topological polar surface area (TPSA) is 29.5 Å². The number of rotatable bonds is 8. The van der Waals surface area contributed by atoms with Gasteiger partial charge in [-0.25, -0.2) is 22.4 Å². The number of hydrogen-bond acceptors (Lipinski definition) is 3. The molecule has 208 valence electrons. The van der Waals surface area contributed by atoms with E-state index in [0.29, 0.717) is 6.54 Å². The highest BCUT2D eigenvalue weighted by atomic mass is 35.5. The smallest absolute Gasteiger partial charge is 0.415 e. The maximum atomic E-state index is 14.0. The van der Waals surface area contributed by atoms with Crippen LogP contribution in [0.15, 0.2) is 71.6 Å². The first kappa shape index (κ1) is 29.2. The lowest BCUT2D eigenvalue weighted by atomic mass is 9.83. The summed E-state index contributed by atoms with van der Waals surface area (Å²) in [6.07, 6.45) is 0.853. The zero-order chi connectivity index (χ0) is 26.7. The van der Waals surface area contributed by atoms with Crippen molar-refractivity contribution >= 4 is 23.5 Å². The highest BCUT2D eigenvalue weighted by molar-refractivity contribution is 7.99. The van der Waals surface area contributed by atoms with Crippen LogP contribution in [-0.2, 0) is 11.3 Å². The number of piperidine rings is 3. The summed E-state index contributed by atoms with van der Waals surface area (Å²) in [7, 11) is 0. The minimum atomic E-state index is -1.58. The van der Waals surface area contributed by atoms with Gasteiger partial charge in [-0.2, -0.15) is 0 Å². The molecule has 3 aliphatic rings. The van der Waals surface area contributed by atoms with E-state index < -0.39 is 29.4 Å². The minimum Gasteiger partial charge on any atom is -1.00 e. The number of carbonyl (C=O) groups is 1. The molecule has 10 heteroatoms. The third kappa shape index (κ3) is 6.88. The monoisotopic (exact) mass is 580 g/mol. The van der Waals surface area contributed by atoms with Gasteiger partial charge in [-0.1, -0.05) is 24.3 Å². The van der Waals surface area contributed by atoms with E-state index in [1.807, 2.05) is 30.0 Å². The molecule has 3 fully saturated rings. The molecule has 3 saturated heterocycles. The number of amides is 1. The third-order valence-electron chi connectivity index (χ3n) is 7.60. The Kier molecular flexibility index (Phi) is 9.46. The molecule has 3 aliphatic heterocycles. The van der Waals surface area contributed by atoms with Gasteiger partial charge in [-0.05, 0) is 48.0 Å². The number of hydrogen-bond donors (Lipinski definition) is 0. The van der Waals surface area contributed by atoms with Gasteiger partial charge in [0.05, 0.1) is 31.9 Å². The number of benzene rings is 3. The van der Waals surface area contributed by atoms with Crippen LogP contribution >= 0.6 is 11.8 Å². The average molecular weight is 581 g/mol. The summed E-state index contributed by atoms with van der Waals surface area (Å²) < 4.78 is 62.2. The summed E-state index contributed by atoms with van der Waals surface area (Å²) >= 11 is 1.81. The van der Waals surface area contributed by atoms with Gasteiger partial charge in [-0.15, -0.1) is 11.8 Å². The van der Waals surface area contributed by atoms with Gasteiger partial charge in [-0.3, -0.25) is 4.90 Å². The summed E-state index contributed by atoms with van der Waals surface area (Å²) in [4.78, 5) is 15.8. The molecule has 0 spiro atoms. The van der Waals surface area contributed by atoms with Crippen molar-refractivity contribution in [2.75, 3.05) is 36.8 Å². The lowest BCUT2D eigenvalue weighted by Gasteiger charge is -2.52. The fraction of sp³-hybridized carbons (Fsp3) is 0.345. The number of carbonyl (C=O) groups excluding carboxylic acids is 1. The van der Waals surface area contributed by atoms with Crippen molar-refractivity contribution in [2.45, 2.75) is 30.4 Å². The van der Waals surface area contributed by atoms with E-state index in [4.69, 9.17) is 4.74 Å². The van der Waals surface area contributed by atoms with Crippen molar-refractivity contribution < 1.29 is 44.0 Å². The molecule has 3 aromatic rings. The molecule has 1 atom stereocenters. The minimum absolute atomic E-state index is 0. The molecule has 0 saturated carbocycles. The fourth-order valence-electron chi connectivity index (χ4n) is 5.52. The SMILES string of the molecule is O=C(O[C@H]1C[N+]2(CCSc3ccccc3)CCC1CC2)N(Cc1cc(F)c(F)c(F)c1)c1cccc(F)c1.[Cl-]. The van der Waals surface area contributed by atoms with E-state index in [-0.39, 0.29) is 42.2 Å². The van der Waals surface area contributed by atoms with Gasteiger partial charge in [0.2, 0.25) is 0 Å². The number of ether oxygens (including phenoxy) is 1. The summed E-state index contributed by atoms with van der Waals surface area (Å²) in [5.41, 5.74) is 0.211. The fourth-order valence-corrected chi connectivity index (χ4v) is 6.59. The van der Waals surface area contributed by atoms with Gasteiger partial charge in [0.25, 0.3) is 0 Å². The summed E-state index contributed by atoms with van der Waals surface area (Å²) in [5.74, 6) is -3.68. The Morgan fingerprint density at radius 3 is 2.31 bits per heavy atom. The molecular weight excluding hydrogens is 552 g/mol. The van der Waals surface area contributed by atoms with Crippen molar-refractivity contribution in [3.63, 3.8) is 0 Å². The van der Waals surface area contributed by atoms with Gasteiger partial charge in [0.15, 0.2) is 23.6 Å². The van der Waals surface area contributed by atoms with E-state index in [1.165, 1.54) is 23.1 Å². The molecule has 0 radical (unpaired) electrons. The number of nitrogens with zero attached hydrogens (tertiary/aromatic N) is 2. The van der Waals surface area contributed by atoms with Gasteiger partial charge < -0.3 is 21.6 Å². The van der Waals surface area contributed by atoms with Gasteiger partial charge in [0.1, 0.15) is 12.4 Å². The molecule has 0 N–H and O–H groups in total. The second-order valence-corrected chi connectivity index (χ2v) is 11.2. The highest BCUT2D eigenvalue weighted by Crippen LogP contribution is 2.37. The van der Waals surface area contributed by atoms with Crippen molar-refractivity contribution in [1.29, 1.82) is 0 Å². The van der Waals surface area contributed by atoms with Crippen LogP contribution in [0.25, 0.3) is 0 Å². The average Bonchev–Trinajstić information content (AvgIpc) is 2.91. The molecule has 6 rings (SSSR count). The predicted octanol–water partition coefficient (Wildman–Crippen LogP) is 3.79. The van der Waals surface area contributed by atoms with Crippen molar-refractivity contribution in [2.24, 2.45) is 5.92 Å². The Labute approximate surface area is 235 Å². The lowest BCUT2D eigenvalue weighted by molar-refractivity contribution is -0.943. The molecule has 1 amide bonds. The molecule has 0 aromatic heterocycles. The van der Waals surface area contributed by atoms with Crippen LogP contribution < -0.4 is 17.3 Å². The van der Waals surface area contributed by atoms with Crippen molar-refractivity contribution in [1.82, 2.24) is 0 Å². The van der Waals surface area contributed by atoms with E-state index in [9.17, 15) is 22.4 Å². The Hall–Kier alpha value is -2.75. The lowest BCUT2D eigenvalue weighted by Crippen LogP contribution is -3.00. The highest BCUT2D eigenvalue weighted by Gasteiger charge is 2.47. The van der Waals surface area contributed by atoms with Crippen LogP contribution in [0.4, 0.5) is 28.0 Å². The normalized spacial score (nSPS) is 21.7. The molecular formula is C29H29ClF4N2O2S. The first-order valence-electron chi connectivity index (χ1n) is 12.7. The largest absolute Gasteiger partial charge is 1.00 e. The number of halogens is 5. The number of quaternary nitrogens is 1. The van der Waals surface area contributed by atoms with Gasteiger partial charge in [0, 0.05) is 29.4 Å². The molecule has 3 aromatic carbocycles. The Balaban J connectivity index is 0.00000353. The molecule has 39 heavy (non-hydrogen) atoms. The Morgan fingerprint density at radius 1 is 0.949 bits per heavy atom. The molecule has 0 aliphatic carbocycles. The summed E-state index contributed by atoms with van der Waals surface area (Å²) in [5, 5.41) is 0. The summed E-state index contributed by atoms with van der Waals surface area (Å²) in [6.45, 7) is 3.43. The number of fused-ring (bicyclic) bond motifs is 3. The second kappa shape index (κ2) is 12.6. The summed E-state index contributed by atoms with van der Waals surface area (Å²) in [6, 6.07) is 17.2. The van der Waals surface area contributed by atoms with Crippen LogP contribution in [0.1, 0.15) is 18.4 Å². The Morgan fingerprint density at radius 2 is 1.64 bits per heavy atom. The molecule has 3 heterocycles. The first-order chi connectivity index (χ1) is 18.3. The molecule has 0 unspecified atom stereocenters. The van der Waals surface area contributed by atoms with Crippen LogP contribution in [0.5, 0.6) is 0 Å². The van der Waals surface area contributed by atoms with Crippen LogP contribution in [0, 0.1) is 29.2 Å². The third-order valence-corrected chi connectivity index (χ3v) is 8.59. The zero-order valence-corrected chi connectivity index (χ0v) is 22.7. The standard InChI is InChI=1S/C29H29F4N2O2S.ClH/c30-22-5-4-6-23(17-22)34(18-20-15-25(31)28(33)26(32)16-20)29(36)37-27-19-35(11-9-21(27)10-12-35)13-14-38-24-7-2-1-3-8-24;/h1-8,15-17,21,27H,9-14,18-19H2;1H/q+1;/p-1/t21?,27-,35?;/m0./s1. The predicted molar refractivity (Wildman–Crippen MR) is 139 cm³/mol. The van der Waals surface area contributed by atoms with E-state index in [1.54, 1.807) is 0 Å². The van der Waals surface area contributed by atoms with Crippen LogP contribution in [0.3, 0.4) is 0 Å². The van der Waals surface area contributed by atoms with Crippen molar-refractivity contribution in [3.8, 4) is 0 Å². The van der Waals surface area contributed by atoms with E-state index in [0.717, 1.165) is 65.8 Å². The first-order valence-corrected chi connectivity index (χ1v) is 13.7. The Bertz CT molecular complexity index is 1270. The zero-order valence-electron chi connectivity index (χ0n) is 21.2. The molecule has 2 bridgehead atoms. The number of anilines is 1. The molecule has 4 nitrogen and oxygen atoms in total. The quantitative estimate of drug-likeness (QED) is 0.176. The van der Waals surface area contributed by atoms with E-state index in [2.05, 4.69) is 12.1 Å². The van der Waals surface area contributed by atoms with Crippen LogP contribution in [0.2, 0.25) is 0 Å². The maximum absolute atomic E-state index is 14.0. The number of thioether (sulfide) groups is 1. The van der Waals surface area contributed by atoms with E-state index >= 15 is 0 Å². The second-order valence-electron chi connectivity index (χ2n) is 10.1. The van der Waals surface area contributed by atoms with Gasteiger partial charge >= 0.3 is 6.09 Å². The van der Waals surface area contributed by atoms with Crippen LogP contribution in [-0.4, -0.2) is 48.6 Å².